The van der Waals surface area contributed by atoms with Crippen LogP contribution in [0.15, 0.2) is 0 Å². The summed E-state index contributed by atoms with van der Waals surface area (Å²) in [6.45, 7) is 2.27. The summed E-state index contributed by atoms with van der Waals surface area (Å²) in [6.07, 6.45) is 20.1. The highest BCUT2D eigenvalue weighted by Gasteiger charge is 2.18. The molecule has 0 heterocycles. The minimum Gasteiger partial charge on any atom is -0.462 e. The third-order valence-corrected chi connectivity index (χ3v) is 4.58. The van der Waals surface area contributed by atoms with E-state index in [1.165, 1.54) is 77.0 Å². The van der Waals surface area contributed by atoms with Crippen molar-refractivity contribution in [1.29, 1.82) is 0 Å². The average molecular weight is 296 g/mol. The fraction of sp³-hybridized carbons (Fsp3) is 0.947. The molecule has 0 amide bonds. The van der Waals surface area contributed by atoms with E-state index in [0.717, 1.165) is 19.3 Å². The zero-order valence-electron chi connectivity index (χ0n) is 14.2. The van der Waals surface area contributed by atoms with Gasteiger partial charge in [-0.05, 0) is 32.1 Å². The molecular formula is C19H36O2. The van der Waals surface area contributed by atoms with Gasteiger partial charge in [-0.3, -0.25) is 4.79 Å². The first kappa shape index (κ1) is 18.5. The van der Waals surface area contributed by atoms with E-state index in [0.29, 0.717) is 6.42 Å². The summed E-state index contributed by atoms with van der Waals surface area (Å²) in [4.78, 5) is 11.6. The molecular weight excluding hydrogens is 260 g/mol. The fourth-order valence-electron chi connectivity index (χ4n) is 3.18. The molecule has 0 aromatic rings. The van der Waals surface area contributed by atoms with E-state index in [4.69, 9.17) is 4.74 Å². The van der Waals surface area contributed by atoms with Gasteiger partial charge in [0.05, 0.1) is 0 Å². The zero-order chi connectivity index (χ0) is 15.2. The number of hydrogen-bond acceptors (Lipinski definition) is 2. The molecule has 0 atom stereocenters. The molecule has 21 heavy (non-hydrogen) atoms. The van der Waals surface area contributed by atoms with Crippen LogP contribution in [-0.2, 0) is 9.53 Å². The van der Waals surface area contributed by atoms with E-state index in [1.807, 2.05) is 0 Å². The first-order valence-electron chi connectivity index (χ1n) is 9.52. The van der Waals surface area contributed by atoms with Crippen molar-refractivity contribution in [2.24, 2.45) is 0 Å². The van der Waals surface area contributed by atoms with Crippen LogP contribution in [0.25, 0.3) is 0 Å². The van der Waals surface area contributed by atoms with Crippen LogP contribution in [0.4, 0.5) is 0 Å². The van der Waals surface area contributed by atoms with Crippen molar-refractivity contribution in [3.05, 3.63) is 0 Å². The molecule has 0 saturated heterocycles. The Balaban J connectivity index is 1.76. The Morgan fingerprint density at radius 2 is 1.29 bits per heavy atom. The molecule has 0 N–H and O–H groups in total. The molecule has 0 spiro atoms. The second kappa shape index (κ2) is 13.2. The van der Waals surface area contributed by atoms with Crippen LogP contribution in [0.5, 0.6) is 0 Å². The Morgan fingerprint density at radius 1 is 0.810 bits per heavy atom. The lowest BCUT2D eigenvalue weighted by atomic mass is 10.1. The van der Waals surface area contributed by atoms with E-state index < -0.39 is 0 Å². The van der Waals surface area contributed by atoms with Crippen molar-refractivity contribution < 1.29 is 9.53 Å². The lowest BCUT2D eigenvalue weighted by molar-refractivity contribution is -0.148. The summed E-state index contributed by atoms with van der Waals surface area (Å²) >= 11 is 0. The number of rotatable bonds is 13. The van der Waals surface area contributed by atoms with Crippen LogP contribution in [0, 0.1) is 0 Å². The second-order valence-electron chi connectivity index (χ2n) is 6.68. The van der Waals surface area contributed by atoms with Crippen molar-refractivity contribution in [3.8, 4) is 0 Å². The van der Waals surface area contributed by atoms with Gasteiger partial charge in [-0.15, -0.1) is 0 Å². The van der Waals surface area contributed by atoms with Crippen LogP contribution in [-0.4, -0.2) is 12.1 Å². The van der Waals surface area contributed by atoms with Crippen LogP contribution in [0.1, 0.15) is 110 Å². The number of ether oxygens (including phenoxy) is 1. The lowest BCUT2D eigenvalue weighted by Crippen LogP contribution is -2.14. The Kier molecular flexibility index (Phi) is 11.6. The van der Waals surface area contributed by atoms with Gasteiger partial charge in [0, 0.05) is 6.42 Å². The predicted octanol–water partition coefficient (Wildman–Crippen LogP) is 6.17. The monoisotopic (exact) mass is 296 g/mol. The van der Waals surface area contributed by atoms with Crippen molar-refractivity contribution in [1.82, 2.24) is 0 Å². The van der Waals surface area contributed by atoms with Crippen LogP contribution >= 0.6 is 0 Å². The van der Waals surface area contributed by atoms with Gasteiger partial charge in [0.1, 0.15) is 6.10 Å². The van der Waals surface area contributed by atoms with Crippen molar-refractivity contribution in [2.45, 2.75) is 116 Å². The van der Waals surface area contributed by atoms with Gasteiger partial charge < -0.3 is 4.74 Å². The minimum atomic E-state index is 0.0397. The molecule has 2 heteroatoms. The minimum absolute atomic E-state index is 0.0397. The summed E-state index contributed by atoms with van der Waals surface area (Å²) < 4.78 is 5.46. The largest absolute Gasteiger partial charge is 0.462 e. The standard InChI is InChI=1S/C19H36O2/c1-2-3-4-5-6-7-8-9-10-11-12-17-19(20)21-18-15-13-14-16-18/h18H,2-17H2,1H3. The molecule has 124 valence electrons. The van der Waals surface area contributed by atoms with E-state index in [9.17, 15) is 4.79 Å². The summed E-state index contributed by atoms with van der Waals surface area (Å²) in [5.41, 5.74) is 0. The quantitative estimate of drug-likeness (QED) is 0.300. The van der Waals surface area contributed by atoms with Gasteiger partial charge in [-0.2, -0.15) is 0 Å². The number of carbonyl (C=O) groups is 1. The van der Waals surface area contributed by atoms with Crippen LogP contribution < -0.4 is 0 Å². The highest BCUT2D eigenvalue weighted by Crippen LogP contribution is 2.21. The van der Waals surface area contributed by atoms with Crippen molar-refractivity contribution >= 4 is 5.97 Å². The third kappa shape index (κ3) is 10.8. The SMILES string of the molecule is CCCCCCCCCCCCCC(=O)OC1CCCC1. The molecule has 2 nitrogen and oxygen atoms in total. The van der Waals surface area contributed by atoms with E-state index in [2.05, 4.69) is 6.92 Å². The van der Waals surface area contributed by atoms with Gasteiger partial charge in [-0.25, -0.2) is 0 Å². The highest BCUT2D eigenvalue weighted by atomic mass is 16.5. The summed E-state index contributed by atoms with van der Waals surface area (Å²) in [5.74, 6) is 0.0397. The fourth-order valence-corrected chi connectivity index (χ4v) is 3.18. The molecule has 0 aliphatic heterocycles. The van der Waals surface area contributed by atoms with Gasteiger partial charge in [-0.1, -0.05) is 71.1 Å². The second-order valence-corrected chi connectivity index (χ2v) is 6.68. The molecule has 1 saturated carbocycles. The van der Waals surface area contributed by atoms with Gasteiger partial charge >= 0.3 is 5.97 Å². The molecule has 0 aromatic carbocycles. The van der Waals surface area contributed by atoms with Crippen molar-refractivity contribution in [3.63, 3.8) is 0 Å². The Bertz CT molecular complexity index is 244. The predicted molar refractivity (Wildman–Crippen MR) is 89.4 cm³/mol. The molecule has 0 bridgehead atoms. The van der Waals surface area contributed by atoms with Gasteiger partial charge in [0.15, 0.2) is 0 Å². The third-order valence-electron chi connectivity index (χ3n) is 4.58. The number of esters is 1. The first-order valence-corrected chi connectivity index (χ1v) is 9.52. The average Bonchev–Trinajstić information content (AvgIpc) is 2.97. The Hall–Kier alpha value is -0.530. The molecule has 0 aromatic heterocycles. The summed E-state index contributed by atoms with van der Waals surface area (Å²) in [7, 11) is 0. The molecule has 1 fully saturated rings. The zero-order valence-corrected chi connectivity index (χ0v) is 14.2. The first-order chi connectivity index (χ1) is 10.3. The van der Waals surface area contributed by atoms with Gasteiger partial charge in [0.2, 0.25) is 0 Å². The topological polar surface area (TPSA) is 26.3 Å². The van der Waals surface area contributed by atoms with Gasteiger partial charge in [0.25, 0.3) is 0 Å². The Labute approximate surface area is 132 Å². The molecule has 0 unspecified atom stereocenters. The van der Waals surface area contributed by atoms with E-state index in [1.54, 1.807) is 0 Å². The number of hydrogen-bond donors (Lipinski definition) is 0. The Morgan fingerprint density at radius 3 is 1.81 bits per heavy atom. The maximum absolute atomic E-state index is 11.6. The summed E-state index contributed by atoms with van der Waals surface area (Å²) in [5, 5.41) is 0. The van der Waals surface area contributed by atoms with E-state index in [-0.39, 0.29) is 12.1 Å². The van der Waals surface area contributed by atoms with Crippen molar-refractivity contribution in [2.75, 3.05) is 0 Å². The number of unbranched alkanes of at least 4 members (excludes halogenated alkanes) is 10. The normalized spacial score (nSPS) is 15.5. The molecule has 1 aliphatic rings. The maximum Gasteiger partial charge on any atom is 0.306 e. The van der Waals surface area contributed by atoms with Crippen LogP contribution in [0.3, 0.4) is 0 Å². The molecule has 0 radical (unpaired) electrons. The maximum atomic E-state index is 11.6. The number of carbonyl (C=O) groups excluding carboxylic acids is 1. The molecule has 1 rings (SSSR count). The summed E-state index contributed by atoms with van der Waals surface area (Å²) in [6, 6.07) is 0. The van der Waals surface area contributed by atoms with Crippen LogP contribution in [0.2, 0.25) is 0 Å². The van der Waals surface area contributed by atoms with E-state index >= 15 is 0 Å². The molecule has 1 aliphatic carbocycles. The highest BCUT2D eigenvalue weighted by molar-refractivity contribution is 5.69. The smallest absolute Gasteiger partial charge is 0.306 e. The lowest BCUT2D eigenvalue weighted by Gasteiger charge is -2.10.